The lowest BCUT2D eigenvalue weighted by molar-refractivity contribution is -0.137. The molecule has 1 aromatic carbocycles. The minimum Gasteiger partial charge on any atom is -0.491 e. The predicted octanol–water partition coefficient (Wildman–Crippen LogP) is 2.85. The molecule has 2 rings (SSSR count). The van der Waals surface area contributed by atoms with Crippen molar-refractivity contribution in [2.24, 2.45) is 0 Å². The molecular weight excluding hydrogens is 335 g/mol. The molecule has 0 aromatic heterocycles. The highest BCUT2D eigenvalue weighted by Gasteiger charge is 2.30. The first-order valence-electron chi connectivity index (χ1n) is 7.23. The standard InChI is InChI=1S/C15H20F3NO3.ClH/c16-15(17,18)13-2-1-3-14(12-13)22-11-10-21-9-6-19-4-7-20-8-5-19;/h1-3,12H,4-11H2;1H. The van der Waals surface area contributed by atoms with E-state index in [1.54, 1.807) is 0 Å². The van der Waals surface area contributed by atoms with Crippen LogP contribution in [0.2, 0.25) is 0 Å². The van der Waals surface area contributed by atoms with E-state index in [9.17, 15) is 13.2 Å². The van der Waals surface area contributed by atoms with Crippen LogP contribution in [0.25, 0.3) is 0 Å². The minimum absolute atomic E-state index is 0. The van der Waals surface area contributed by atoms with Crippen LogP contribution < -0.4 is 4.74 Å². The topological polar surface area (TPSA) is 30.9 Å². The first-order valence-corrected chi connectivity index (χ1v) is 7.23. The zero-order chi connectivity index (χ0) is 15.8. The zero-order valence-electron chi connectivity index (χ0n) is 12.7. The molecule has 0 aliphatic carbocycles. The smallest absolute Gasteiger partial charge is 0.416 e. The van der Waals surface area contributed by atoms with Gasteiger partial charge in [0, 0.05) is 19.6 Å². The summed E-state index contributed by atoms with van der Waals surface area (Å²) in [5.41, 5.74) is -0.710. The highest BCUT2D eigenvalue weighted by Crippen LogP contribution is 2.31. The van der Waals surface area contributed by atoms with Crippen molar-refractivity contribution in [3.8, 4) is 5.75 Å². The SMILES string of the molecule is Cl.FC(F)(F)c1cccc(OCCOCCN2CCOCC2)c1. The lowest BCUT2D eigenvalue weighted by atomic mass is 10.2. The van der Waals surface area contributed by atoms with Crippen molar-refractivity contribution < 1.29 is 27.4 Å². The summed E-state index contributed by atoms with van der Waals surface area (Å²) in [4.78, 5) is 2.25. The number of rotatable bonds is 7. The third-order valence-corrected chi connectivity index (χ3v) is 3.31. The van der Waals surface area contributed by atoms with Crippen molar-refractivity contribution in [3.05, 3.63) is 29.8 Å². The van der Waals surface area contributed by atoms with Gasteiger partial charge in [0.2, 0.25) is 0 Å². The Morgan fingerprint density at radius 1 is 1.09 bits per heavy atom. The molecule has 0 atom stereocenters. The van der Waals surface area contributed by atoms with Crippen molar-refractivity contribution in [1.29, 1.82) is 0 Å². The molecule has 1 fully saturated rings. The van der Waals surface area contributed by atoms with Crippen LogP contribution in [0.3, 0.4) is 0 Å². The van der Waals surface area contributed by atoms with Gasteiger partial charge in [-0.3, -0.25) is 4.90 Å². The number of hydrogen-bond donors (Lipinski definition) is 0. The molecule has 4 nitrogen and oxygen atoms in total. The van der Waals surface area contributed by atoms with Gasteiger partial charge in [0.05, 0.1) is 32.0 Å². The van der Waals surface area contributed by atoms with E-state index in [4.69, 9.17) is 14.2 Å². The zero-order valence-corrected chi connectivity index (χ0v) is 13.5. The molecule has 0 saturated carbocycles. The largest absolute Gasteiger partial charge is 0.491 e. The van der Waals surface area contributed by atoms with Gasteiger partial charge in [-0.15, -0.1) is 12.4 Å². The van der Waals surface area contributed by atoms with Crippen molar-refractivity contribution in [1.82, 2.24) is 4.90 Å². The lowest BCUT2D eigenvalue weighted by Gasteiger charge is -2.26. The first kappa shape index (κ1) is 20.0. The van der Waals surface area contributed by atoms with E-state index in [2.05, 4.69) is 4.90 Å². The average molecular weight is 356 g/mol. The Morgan fingerprint density at radius 3 is 2.52 bits per heavy atom. The van der Waals surface area contributed by atoms with Gasteiger partial charge in [-0.25, -0.2) is 0 Å². The van der Waals surface area contributed by atoms with Crippen LogP contribution in [0.15, 0.2) is 24.3 Å². The van der Waals surface area contributed by atoms with Gasteiger partial charge in [-0.2, -0.15) is 13.2 Å². The summed E-state index contributed by atoms with van der Waals surface area (Å²) in [6.45, 7) is 5.29. The molecule has 0 amide bonds. The Bertz CT molecular complexity index is 454. The molecular formula is C15H21ClF3NO3. The molecule has 8 heteroatoms. The van der Waals surface area contributed by atoms with Gasteiger partial charge in [0.15, 0.2) is 0 Å². The van der Waals surface area contributed by atoms with Gasteiger partial charge < -0.3 is 14.2 Å². The Balaban J connectivity index is 0.00000264. The maximum absolute atomic E-state index is 12.5. The Hall–Kier alpha value is -1.02. The van der Waals surface area contributed by atoms with E-state index < -0.39 is 11.7 Å². The van der Waals surface area contributed by atoms with E-state index in [1.165, 1.54) is 12.1 Å². The summed E-state index contributed by atoms with van der Waals surface area (Å²) in [6.07, 6.45) is -4.35. The maximum Gasteiger partial charge on any atom is 0.416 e. The van der Waals surface area contributed by atoms with Crippen LogP contribution in [0.4, 0.5) is 13.2 Å². The van der Waals surface area contributed by atoms with E-state index >= 15 is 0 Å². The fourth-order valence-electron chi connectivity index (χ4n) is 2.10. The molecule has 0 bridgehead atoms. The maximum atomic E-state index is 12.5. The number of nitrogens with zero attached hydrogens (tertiary/aromatic N) is 1. The number of hydrogen-bond acceptors (Lipinski definition) is 4. The lowest BCUT2D eigenvalue weighted by Crippen LogP contribution is -2.38. The second kappa shape index (κ2) is 9.97. The molecule has 1 saturated heterocycles. The second-order valence-corrected chi connectivity index (χ2v) is 4.94. The highest BCUT2D eigenvalue weighted by atomic mass is 35.5. The summed E-state index contributed by atoms with van der Waals surface area (Å²) in [5, 5.41) is 0. The number of halogens is 4. The van der Waals surface area contributed by atoms with E-state index in [0.29, 0.717) is 13.2 Å². The summed E-state index contributed by atoms with van der Waals surface area (Å²) in [6, 6.07) is 4.85. The monoisotopic (exact) mass is 355 g/mol. The van der Waals surface area contributed by atoms with E-state index in [0.717, 1.165) is 45.0 Å². The number of alkyl halides is 3. The molecule has 23 heavy (non-hydrogen) atoms. The van der Waals surface area contributed by atoms with Crippen molar-refractivity contribution in [3.63, 3.8) is 0 Å². The van der Waals surface area contributed by atoms with Crippen LogP contribution in [-0.4, -0.2) is 57.6 Å². The summed E-state index contributed by atoms with van der Waals surface area (Å²) >= 11 is 0. The molecule has 0 unspecified atom stereocenters. The molecule has 0 radical (unpaired) electrons. The van der Waals surface area contributed by atoms with Gasteiger partial charge in [0.1, 0.15) is 12.4 Å². The van der Waals surface area contributed by atoms with Crippen molar-refractivity contribution >= 4 is 12.4 Å². The first-order chi connectivity index (χ1) is 10.6. The van der Waals surface area contributed by atoms with Crippen LogP contribution in [0.5, 0.6) is 5.75 Å². The van der Waals surface area contributed by atoms with Crippen molar-refractivity contribution in [2.45, 2.75) is 6.18 Å². The molecule has 1 aromatic rings. The van der Waals surface area contributed by atoms with E-state index in [-0.39, 0.29) is 24.8 Å². The molecule has 0 spiro atoms. The molecule has 0 N–H and O–H groups in total. The number of ether oxygens (including phenoxy) is 3. The Kier molecular flexibility index (Phi) is 8.68. The normalized spacial score (nSPS) is 16.0. The van der Waals surface area contributed by atoms with Gasteiger partial charge >= 0.3 is 6.18 Å². The van der Waals surface area contributed by atoms with Gasteiger partial charge in [0.25, 0.3) is 0 Å². The van der Waals surface area contributed by atoms with Crippen molar-refractivity contribution in [2.75, 3.05) is 52.7 Å². The summed E-state index contributed by atoms with van der Waals surface area (Å²) in [7, 11) is 0. The van der Waals surface area contributed by atoms with Crippen LogP contribution in [0, 0.1) is 0 Å². The van der Waals surface area contributed by atoms with Crippen LogP contribution in [0.1, 0.15) is 5.56 Å². The van der Waals surface area contributed by atoms with Gasteiger partial charge in [-0.1, -0.05) is 6.07 Å². The van der Waals surface area contributed by atoms with E-state index in [1.807, 2.05) is 0 Å². The quantitative estimate of drug-likeness (QED) is 0.704. The molecule has 132 valence electrons. The summed E-state index contributed by atoms with van der Waals surface area (Å²) in [5.74, 6) is 0.201. The Labute approximate surface area is 139 Å². The molecule has 1 aliphatic rings. The fourth-order valence-corrected chi connectivity index (χ4v) is 2.10. The number of morpholine rings is 1. The van der Waals surface area contributed by atoms with Gasteiger partial charge in [-0.05, 0) is 18.2 Å². The predicted molar refractivity (Wildman–Crippen MR) is 82.3 cm³/mol. The average Bonchev–Trinajstić information content (AvgIpc) is 2.51. The fraction of sp³-hybridized carbons (Fsp3) is 0.600. The van der Waals surface area contributed by atoms with Crippen LogP contribution >= 0.6 is 12.4 Å². The third kappa shape index (κ3) is 7.39. The molecule has 1 aliphatic heterocycles. The Morgan fingerprint density at radius 2 is 1.83 bits per heavy atom. The molecule has 1 heterocycles. The minimum atomic E-state index is -4.35. The highest BCUT2D eigenvalue weighted by molar-refractivity contribution is 5.85. The number of benzene rings is 1. The van der Waals surface area contributed by atoms with Crippen LogP contribution in [-0.2, 0) is 15.7 Å². The second-order valence-electron chi connectivity index (χ2n) is 4.94. The summed E-state index contributed by atoms with van der Waals surface area (Å²) < 4.78 is 53.6. The third-order valence-electron chi connectivity index (χ3n) is 3.31.